The van der Waals surface area contributed by atoms with Crippen LogP contribution in [0, 0.1) is 11.8 Å². The minimum Gasteiger partial charge on any atom is -0.458 e. The number of rotatable bonds is 24. The summed E-state index contributed by atoms with van der Waals surface area (Å²) in [7, 11) is 0. The molecule has 0 aromatic rings. The van der Waals surface area contributed by atoms with Gasteiger partial charge < -0.3 is 14.2 Å². The lowest BCUT2D eigenvalue weighted by Crippen LogP contribution is -2.44. The minimum absolute atomic E-state index is 0.00895. The van der Waals surface area contributed by atoms with Crippen molar-refractivity contribution in [3.8, 4) is 0 Å². The smallest absolute Gasteiger partial charge is 0.377 e. The molecule has 0 rings (SSSR count). The average Bonchev–Trinajstić information content (AvgIpc) is 2.92. The zero-order chi connectivity index (χ0) is 31.5. The van der Waals surface area contributed by atoms with Crippen molar-refractivity contribution in [1.29, 1.82) is 0 Å². The molecule has 3 atom stereocenters. The van der Waals surface area contributed by atoms with Gasteiger partial charge in [0.05, 0.1) is 0 Å². The van der Waals surface area contributed by atoms with E-state index in [0.717, 1.165) is 25.7 Å². The molecule has 41 heavy (non-hydrogen) atoms. The van der Waals surface area contributed by atoms with Crippen molar-refractivity contribution in [1.82, 2.24) is 0 Å². The SMILES string of the molecule is C=C(C)C(=O)OCC(COC(=O)C(F)(F)C(CCCC)CCCCC)OC(=O)C(F)(F)C(CCCC)CCCCC. The first-order valence-electron chi connectivity index (χ1n) is 15.3. The summed E-state index contributed by atoms with van der Waals surface area (Å²) in [6, 6.07) is 0. The Kier molecular flexibility index (Phi) is 19.6. The van der Waals surface area contributed by atoms with Crippen molar-refractivity contribution >= 4 is 17.9 Å². The van der Waals surface area contributed by atoms with Gasteiger partial charge in [0, 0.05) is 17.4 Å². The van der Waals surface area contributed by atoms with Crippen molar-refractivity contribution in [3.63, 3.8) is 0 Å². The van der Waals surface area contributed by atoms with Gasteiger partial charge in [-0.25, -0.2) is 14.4 Å². The summed E-state index contributed by atoms with van der Waals surface area (Å²) < 4.78 is 75.5. The normalized spacial score (nSPS) is 14.2. The standard InChI is InChI=1S/C31H52F4O6/c1-7-11-15-19-24(17-13-9-3)30(32,33)28(37)40-22-26(21-39-27(36)23(5)6)41-29(38)31(34,35)25(18-14-10-4)20-16-12-8-2/h24-26H,5,7-22H2,1-4,6H3. The van der Waals surface area contributed by atoms with Gasteiger partial charge in [-0.15, -0.1) is 0 Å². The first kappa shape index (κ1) is 38.9. The number of carbonyl (C=O) groups excluding carboxylic acids is 3. The number of carbonyl (C=O) groups is 3. The van der Waals surface area contributed by atoms with E-state index in [2.05, 4.69) is 6.58 Å². The highest BCUT2D eigenvalue weighted by Gasteiger charge is 2.50. The van der Waals surface area contributed by atoms with Gasteiger partial charge in [-0.1, -0.05) is 98.5 Å². The van der Waals surface area contributed by atoms with E-state index in [9.17, 15) is 14.4 Å². The van der Waals surface area contributed by atoms with Gasteiger partial charge in [-0.2, -0.15) is 17.6 Å². The van der Waals surface area contributed by atoms with Crippen LogP contribution in [0.3, 0.4) is 0 Å². The second kappa shape index (κ2) is 20.7. The van der Waals surface area contributed by atoms with E-state index in [1.54, 1.807) is 0 Å². The van der Waals surface area contributed by atoms with Crippen molar-refractivity contribution in [3.05, 3.63) is 12.2 Å². The molecule has 0 bridgehead atoms. The van der Waals surface area contributed by atoms with Crippen molar-refractivity contribution in [2.75, 3.05) is 13.2 Å². The third-order valence-electron chi connectivity index (χ3n) is 7.12. The van der Waals surface area contributed by atoms with E-state index in [4.69, 9.17) is 14.2 Å². The molecule has 0 aromatic heterocycles. The molecule has 0 amide bonds. The van der Waals surface area contributed by atoms with Crippen LogP contribution in [0.2, 0.25) is 0 Å². The Morgan fingerprint density at radius 2 is 1.02 bits per heavy atom. The second-order valence-corrected chi connectivity index (χ2v) is 10.9. The molecule has 0 heterocycles. The average molecular weight is 597 g/mol. The van der Waals surface area contributed by atoms with E-state index >= 15 is 17.6 Å². The first-order valence-corrected chi connectivity index (χ1v) is 15.3. The van der Waals surface area contributed by atoms with E-state index < -0.39 is 60.9 Å². The number of ether oxygens (including phenoxy) is 3. The fraction of sp³-hybridized carbons (Fsp3) is 0.839. The van der Waals surface area contributed by atoms with Gasteiger partial charge in [0.1, 0.15) is 13.2 Å². The highest BCUT2D eigenvalue weighted by molar-refractivity contribution is 5.87. The third kappa shape index (κ3) is 14.5. The molecule has 6 nitrogen and oxygen atoms in total. The van der Waals surface area contributed by atoms with E-state index in [1.165, 1.54) is 6.92 Å². The Morgan fingerprint density at radius 1 is 0.634 bits per heavy atom. The highest BCUT2D eigenvalue weighted by atomic mass is 19.3. The lowest BCUT2D eigenvalue weighted by atomic mass is 9.89. The molecule has 0 spiro atoms. The summed E-state index contributed by atoms with van der Waals surface area (Å²) in [6.45, 7) is 10.6. The largest absolute Gasteiger partial charge is 0.458 e. The minimum atomic E-state index is -3.86. The number of alkyl halides is 4. The summed E-state index contributed by atoms with van der Waals surface area (Å²) in [5.74, 6) is -14.8. The Morgan fingerprint density at radius 3 is 1.44 bits per heavy atom. The van der Waals surface area contributed by atoms with E-state index in [-0.39, 0.29) is 31.3 Å². The van der Waals surface area contributed by atoms with Crippen molar-refractivity contribution in [2.45, 2.75) is 142 Å². The number of esters is 3. The molecule has 240 valence electrons. The number of hydrogen-bond acceptors (Lipinski definition) is 6. The van der Waals surface area contributed by atoms with Crippen LogP contribution in [0.1, 0.15) is 125 Å². The Balaban J connectivity index is 5.71. The summed E-state index contributed by atoms with van der Waals surface area (Å²) >= 11 is 0. The van der Waals surface area contributed by atoms with Gasteiger partial charge >= 0.3 is 29.8 Å². The van der Waals surface area contributed by atoms with Gasteiger partial charge in [0.25, 0.3) is 0 Å². The molecular weight excluding hydrogens is 544 g/mol. The molecule has 0 N–H and O–H groups in total. The van der Waals surface area contributed by atoms with Crippen LogP contribution in [-0.4, -0.2) is 49.1 Å². The Labute approximate surface area is 243 Å². The number of hydrogen-bond donors (Lipinski definition) is 0. The zero-order valence-corrected chi connectivity index (χ0v) is 25.7. The van der Waals surface area contributed by atoms with Crippen LogP contribution in [0.4, 0.5) is 17.6 Å². The number of unbranched alkanes of at least 4 members (excludes halogenated alkanes) is 6. The summed E-state index contributed by atoms with van der Waals surface area (Å²) in [6.07, 6.45) is 5.27. The maximum Gasteiger partial charge on any atom is 0.377 e. The number of halogens is 4. The van der Waals surface area contributed by atoms with Crippen LogP contribution in [-0.2, 0) is 28.6 Å². The summed E-state index contributed by atoms with van der Waals surface area (Å²) in [5, 5.41) is 0. The highest BCUT2D eigenvalue weighted by Crippen LogP contribution is 2.36. The maximum absolute atomic E-state index is 15.3. The molecule has 0 saturated heterocycles. The lowest BCUT2D eigenvalue weighted by Gasteiger charge is -2.28. The predicted octanol–water partition coefficient (Wildman–Crippen LogP) is 8.60. The first-order chi connectivity index (χ1) is 19.3. The van der Waals surface area contributed by atoms with Crippen molar-refractivity contribution in [2.24, 2.45) is 11.8 Å². The molecule has 10 heteroatoms. The molecule has 0 fully saturated rings. The lowest BCUT2D eigenvalue weighted by molar-refractivity contribution is -0.199. The predicted molar refractivity (Wildman–Crippen MR) is 151 cm³/mol. The van der Waals surface area contributed by atoms with Crippen LogP contribution in [0.15, 0.2) is 12.2 Å². The van der Waals surface area contributed by atoms with Crippen LogP contribution in [0.5, 0.6) is 0 Å². The van der Waals surface area contributed by atoms with Gasteiger partial charge in [0.2, 0.25) is 0 Å². The second-order valence-electron chi connectivity index (χ2n) is 10.9. The van der Waals surface area contributed by atoms with Crippen LogP contribution < -0.4 is 0 Å². The molecule has 0 saturated carbocycles. The van der Waals surface area contributed by atoms with E-state index in [1.807, 2.05) is 27.7 Å². The zero-order valence-electron chi connectivity index (χ0n) is 25.7. The quantitative estimate of drug-likeness (QED) is 0.0365. The molecule has 0 aliphatic carbocycles. The summed E-state index contributed by atoms with van der Waals surface area (Å²) in [5.41, 5.74) is -0.00895. The third-order valence-corrected chi connectivity index (χ3v) is 7.12. The fourth-order valence-electron chi connectivity index (χ4n) is 4.43. The Hall–Kier alpha value is -2.13. The molecule has 3 unspecified atom stereocenters. The molecule has 0 aliphatic heterocycles. The topological polar surface area (TPSA) is 78.9 Å². The maximum atomic E-state index is 15.3. The van der Waals surface area contributed by atoms with Crippen LogP contribution >= 0.6 is 0 Å². The van der Waals surface area contributed by atoms with Gasteiger partial charge in [0.15, 0.2) is 6.10 Å². The van der Waals surface area contributed by atoms with E-state index in [0.29, 0.717) is 38.5 Å². The van der Waals surface area contributed by atoms with Gasteiger partial charge in [-0.05, 0) is 32.6 Å². The molecule has 0 aliphatic rings. The fourth-order valence-corrected chi connectivity index (χ4v) is 4.43. The molecule has 0 radical (unpaired) electrons. The van der Waals surface area contributed by atoms with Crippen LogP contribution in [0.25, 0.3) is 0 Å². The summed E-state index contributed by atoms with van der Waals surface area (Å²) in [4.78, 5) is 37.1. The van der Waals surface area contributed by atoms with Gasteiger partial charge in [-0.3, -0.25) is 0 Å². The molecular formula is C31H52F4O6. The Bertz CT molecular complexity index is 787. The monoisotopic (exact) mass is 596 g/mol. The van der Waals surface area contributed by atoms with Crippen molar-refractivity contribution < 1.29 is 46.2 Å². The molecule has 0 aromatic carbocycles.